The van der Waals surface area contributed by atoms with Gasteiger partial charge in [-0.2, -0.15) is 0 Å². The smallest absolute Gasteiger partial charge is 0.234 e. The Hall–Kier alpha value is -1.55. The van der Waals surface area contributed by atoms with Gasteiger partial charge in [0, 0.05) is 18.7 Å². The fourth-order valence-corrected chi connectivity index (χ4v) is 1.76. The van der Waals surface area contributed by atoms with Crippen LogP contribution in [0.4, 0.5) is 0 Å². The van der Waals surface area contributed by atoms with Crippen LogP contribution in [0.3, 0.4) is 0 Å². The van der Waals surface area contributed by atoms with Crippen molar-refractivity contribution in [3.8, 4) is 5.75 Å². The normalized spacial score (nSPS) is 10.7. The summed E-state index contributed by atoms with van der Waals surface area (Å²) in [6, 6.07) is 5.66. The van der Waals surface area contributed by atoms with Crippen LogP contribution in [0, 0.1) is 6.92 Å². The Labute approximate surface area is 109 Å². The lowest BCUT2D eigenvalue weighted by Gasteiger charge is -2.17. The van der Waals surface area contributed by atoms with Gasteiger partial charge in [-0.05, 0) is 26.0 Å². The average molecular weight is 250 g/mol. The van der Waals surface area contributed by atoms with E-state index in [-0.39, 0.29) is 5.91 Å². The van der Waals surface area contributed by atoms with Crippen LogP contribution in [-0.4, -0.2) is 36.1 Å². The van der Waals surface area contributed by atoms with Gasteiger partial charge in [0.1, 0.15) is 5.75 Å². The highest BCUT2D eigenvalue weighted by molar-refractivity contribution is 5.77. The highest BCUT2D eigenvalue weighted by Crippen LogP contribution is 2.22. The number of hydrogen-bond donors (Lipinski definition) is 2. The minimum absolute atomic E-state index is 0.0199. The van der Waals surface area contributed by atoms with Gasteiger partial charge in [0.2, 0.25) is 5.91 Å². The predicted molar refractivity (Wildman–Crippen MR) is 72.5 cm³/mol. The molecule has 0 heterocycles. The molecule has 100 valence electrons. The van der Waals surface area contributed by atoms with Gasteiger partial charge in [-0.1, -0.05) is 25.1 Å². The average Bonchev–Trinajstić information content (AvgIpc) is 2.32. The van der Waals surface area contributed by atoms with Gasteiger partial charge in [-0.25, -0.2) is 0 Å². The van der Waals surface area contributed by atoms with E-state index in [1.54, 1.807) is 0 Å². The summed E-state index contributed by atoms with van der Waals surface area (Å²) in [5.41, 5.74) is 1.71. The summed E-state index contributed by atoms with van der Waals surface area (Å²) in [4.78, 5) is 13.4. The summed E-state index contributed by atoms with van der Waals surface area (Å²) in [7, 11) is 1.87. The highest BCUT2D eigenvalue weighted by atomic mass is 16.3. The number of benzene rings is 1. The first-order valence-electron chi connectivity index (χ1n) is 6.27. The fourth-order valence-electron chi connectivity index (χ4n) is 1.76. The van der Waals surface area contributed by atoms with Gasteiger partial charge in [-0.15, -0.1) is 0 Å². The number of aryl methyl sites for hydroxylation is 1. The van der Waals surface area contributed by atoms with Crippen LogP contribution in [0.1, 0.15) is 24.5 Å². The number of carbonyl (C=O) groups excluding carboxylic acids is 1. The van der Waals surface area contributed by atoms with Gasteiger partial charge >= 0.3 is 0 Å². The lowest BCUT2D eigenvalue weighted by atomic mass is 10.1. The largest absolute Gasteiger partial charge is 0.507 e. The van der Waals surface area contributed by atoms with E-state index in [4.69, 9.17) is 0 Å². The van der Waals surface area contributed by atoms with E-state index in [0.29, 0.717) is 25.4 Å². The molecule has 4 heteroatoms. The SMILES string of the molecule is CCCNC(=O)CN(C)Cc1cccc(C)c1O. The lowest BCUT2D eigenvalue weighted by Crippen LogP contribution is -2.35. The first-order chi connectivity index (χ1) is 8.54. The summed E-state index contributed by atoms with van der Waals surface area (Å²) in [5.74, 6) is 0.338. The van der Waals surface area contributed by atoms with Crippen molar-refractivity contribution in [1.29, 1.82) is 0 Å². The number of amides is 1. The van der Waals surface area contributed by atoms with Crippen LogP contribution in [0.15, 0.2) is 18.2 Å². The molecule has 0 radical (unpaired) electrons. The minimum atomic E-state index is 0.0199. The number of para-hydroxylation sites is 1. The number of phenols is 1. The fraction of sp³-hybridized carbons (Fsp3) is 0.500. The van der Waals surface area contributed by atoms with Gasteiger partial charge in [-0.3, -0.25) is 9.69 Å². The van der Waals surface area contributed by atoms with Crippen molar-refractivity contribution in [2.24, 2.45) is 0 Å². The topological polar surface area (TPSA) is 52.6 Å². The van der Waals surface area contributed by atoms with Crippen LogP contribution in [-0.2, 0) is 11.3 Å². The maximum absolute atomic E-state index is 11.5. The summed E-state index contributed by atoms with van der Waals surface area (Å²) in [5, 5.41) is 12.7. The second-order valence-corrected chi connectivity index (χ2v) is 4.60. The number of nitrogens with zero attached hydrogens (tertiary/aromatic N) is 1. The van der Waals surface area contributed by atoms with Crippen LogP contribution >= 0.6 is 0 Å². The summed E-state index contributed by atoms with van der Waals surface area (Å²) >= 11 is 0. The maximum atomic E-state index is 11.5. The monoisotopic (exact) mass is 250 g/mol. The lowest BCUT2D eigenvalue weighted by molar-refractivity contribution is -0.122. The van der Waals surface area contributed by atoms with E-state index in [9.17, 15) is 9.90 Å². The molecular formula is C14H22N2O2. The Bertz CT molecular complexity index is 405. The third kappa shape index (κ3) is 4.37. The molecule has 0 aromatic heterocycles. The maximum Gasteiger partial charge on any atom is 0.234 e. The van der Waals surface area contributed by atoms with E-state index < -0.39 is 0 Å². The van der Waals surface area contributed by atoms with Crippen LogP contribution in [0.5, 0.6) is 5.75 Å². The standard InChI is InChI=1S/C14H22N2O2/c1-4-8-15-13(17)10-16(3)9-12-7-5-6-11(2)14(12)18/h5-7,18H,4,8-10H2,1-3H3,(H,15,17). The molecular weight excluding hydrogens is 228 g/mol. The number of nitrogens with one attached hydrogen (secondary N) is 1. The number of rotatable bonds is 6. The van der Waals surface area contributed by atoms with E-state index in [1.165, 1.54) is 0 Å². The van der Waals surface area contributed by atoms with Crippen LogP contribution in [0.2, 0.25) is 0 Å². The molecule has 4 nitrogen and oxygen atoms in total. The zero-order valence-corrected chi connectivity index (χ0v) is 11.4. The molecule has 1 aromatic carbocycles. The molecule has 0 fully saturated rings. The Kier molecular flexibility index (Phi) is 5.65. The molecule has 0 unspecified atom stereocenters. The van der Waals surface area contributed by atoms with Crippen molar-refractivity contribution < 1.29 is 9.90 Å². The Morgan fingerprint density at radius 3 is 2.83 bits per heavy atom. The molecule has 0 spiro atoms. The van der Waals surface area contributed by atoms with Gasteiger partial charge in [0.15, 0.2) is 0 Å². The summed E-state index contributed by atoms with van der Waals surface area (Å²) < 4.78 is 0. The Balaban J connectivity index is 2.51. The van der Waals surface area contributed by atoms with Crippen LogP contribution < -0.4 is 5.32 Å². The second kappa shape index (κ2) is 7.01. The molecule has 18 heavy (non-hydrogen) atoms. The third-order valence-corrected chi connectivity index (χ3v) is 2.75. The third-order valence-electron chi connectivity index (χ3n) is 2.75. The first-order valence-corrected chi connectivity index (χ1v) is 6.27. The number of carbonyl (C=O) groups is 1. The Morgan fingerprint density at radius 1 is 1.44 bits per heavy atom. The number of phenolic OH excluding ortho intramolecular Hbond substituents is 1. The van der Waals surface area contributed by atoms with Crippen molar-refractivity contribution in [1.82, 2.24) is 10.2 Å². The molecule has 1 rings (SSSR count). The van der Waals surface area contributed by atoms with Gasteiger partial charge < -0.3 is 10.4 Å². The molecule has 0 bridgehead atoms. The number of hydrogen-bond acceptors (Lipinski definition) is 3. The first kappa shape index (κ1) is 14.5. The van der Waals surface area contributed by atoms with Gasteiger partial charge in [0.05, 0.1) is 6.54 Å². The van der Waals surface area contributed by atoms with Crippen molar-refractivity contribution in [2.45, 2.75) is 26.8 Å². The zero-order chi connectivity index (χ0) is 13.5. The van der Waals surface area contributed by atoms with E-state index in [0.717, 1.165) is 17.5 Å². The summed E-state index contributed by atoms with van der Waals surface area (Å²) in [6.45, 7) is 5.50. The quantitative estimate of drug-likeness (QED) is 0.807. The molecule has 1 aromatic rings. The minimum Gasteiger partial charge on any atom is -0.507 e. The highest BCUT2D eigenvalue weighted by Gasteiger charge is 2.09. The van der Waals surface area contributed by atoms with E-state index in [1.807, 2.05) is 44.0 Å². The molecule has 0 saturated carbocycles. The number of aromatic hydroxyl groups is 1. The Morgan fingerprint density at radius 2 is 2.17 bits per heavy atom. The van der Waals surface area contributed by atoms with E-state index >= 15 is 0 Å². The molecule has 2 N–H and O–H groups in total. The molecule has 0 atom stereocenters. The molecule has 0 aliphatic heterocycles. The molecule has 0 aliphatic rings. The second-order valence-electron chi connectivity index (χ2n) is 4.60. The summed E-state index contributed by atoms with van der Waals surface area (Å²) in [6.07, 6.45) is 0.939. The van der Waals surface area contributed by atoms with Crippen LogP contribution in [0.25, 0.3) is 0 Å². The molecule has 0 aliphatic carbocycles. The number of likely N-dealkylation sites (N-methyl/N-ethyl adjacent to an activating group) is 1. The van der Waals surface area contributed by atoms with Gasteiger partial charge in [0.25, 0.3) is 0 Å². The van der Waals surface area contributed by atoms with Crippen molar-refractivity contribution in [3.63, 3.8) is 0 Å². The van der Waals surface area contributed by atoms with Crippen molar-refractivity contribution >= 4 is 5.91 Å². The predicted octanol–water partition coefficient (Wildman–Crippen LogP) is 1.66. The molecule has 1 amide bonds. The molecule has 0 saturated heterocycles. The van der Waals surface area contributed by atoms with Crippen molar-refractivity contribution in [2.75, 3.05) is 20.1 Å². The van der Waals surface area contributed by atoms with Crippen molar-refractivity contribution in [3.05, 3.63) is 29.3 Å². The van der Waals surface area contributed by atoms with E-state index in [2.05, 4.69) is 5.32 Å². The zero-order valence-electron chi connectivity index (χ0n) is 11.4.